The van der Waals surface area contributed by atoms with Gasteiger partial charge in [-0.05, 0) is 42.8 Å². The Morgan fingerprint density at radius 3 is 2.51 bits per heavy atom. The number of urea groups is 1. The molecule has 2 heterocycles. The van der Waals surface area contributed by atoms with Crippen molar-refractivity contribution in [3.05, 3.63) is 70.5 Å². The van der Waals surface area contributed by atoms with Gasteiger partial charge in [-0.2, -0.15) is 13.2 Å². The Morgan fingerprint density at radius 2 is 1.87 bits per heavy atom. The van der Waals surface area contributed by atoms with E-state index in [-0.39, 0.29) is 30.2 Å². The number of aromatic nitrogens is 2. The maximum absolute atomic E-state index is 13.0. The van der Waals surface area contributed by atoms with Crippen molar-refractivity contribution >= 4 is 29.3 Å². The van der Waals surface area contributed by atoms with Crippen LogP contribution in [-0.4, -0.2) is 49.9 Å². The molecule has 2 aromatic carbocycles. The predicted molar refractivity (Wildman–Crippen MR) is 142 cm³/mol. The van der Waals surface area contributed by atoms with Crippen LogP contribution in [0, 0.1) is 5.41 Å². The van der Waals surface area contributed by atoms with E-state index in [0.717, 1.165) is 5.69 Å². The molecule has 208 valence electrons. The maximum atomic E-state index is 13.0. The summed E-state index contributed by atoms with van der Waals surface area (Å²) in [6, 6.07) is 11.3. The molecule has 39 heavy (non-hydrogen) atoms. The highest BCUT2D eigenvalue weighted by molar-refractivity contribution is 6.30. The number of phenolic OH excluding ortho intramolecular Hbond substituents is 1. The molecule has 4 rings (SSSR count). The molecular formula is C27H29ClF3N5O3. The van der Waals surface area contributed by atoms with Gasteiger partial charge in [0.05, 0.1) is 25.2 Å². The second-order valence-electron chi connectivity index (χ2n) is 8.53. The number of carbonyl (C=O) groups excluding carboxylic acids is 2. The van der Waals surface area contributed by atoms with Crippen LogP contribution in [0.25, 0.3) is 11.4 Å². The number of Topliss-reactive ketones (excluding diaryl/α,β-unsaturated/α-hetero) is 1. The molecule has 0 unspecified atom stereocenters. The fourth-order valence-corrected chi connectivity index (χ4v) is 4.26. The van der Waals surface area contributed by atoms with E-state index >= 15 is 0 Å². The van der Waals surface area contributed by atoms with Gasteiger partial charge in [0.2, 0.25) is 0 Å². The molecule has 0 atom stereocenters. The predicted octanol–water partition coefficient (Wildman–Crippen LogP) is 5.94. The van der Waals surface area contributed by atoms with Crippen LogP contribution in [0.4, 0.5) is 18.0 Å². The van der Waals surface area contributed by atoms with Gasteiger partial charge in [-0.1, -0.05) is 37.6 Å². The first-order chi connectivity index (χ1) is 18.5. The summed E-state index contributed by atoms with van der Waals surface area (Å²) < 4.78 is 40.6. The number of halogens is 4. The number of alkyl halides is 3. The summed E-state index contributed by atoms with van der Waals surface area (Å²) >= 11 is 6.12. The molecule has 2 amide bonds. The molecule has 0 aliphatic carbocycles. The zero-order valence-electron chi connectivity index (χ0n) is 21.5. The van der Waals surface area contributed by atoms with Gasteiger partial charge in [-0.15, -0.1) is 0 Å². The smallest absolute Gasteiger partial charge is 0.390 e. The summed E-state index contributed by atoms with van der Waals surface area (Å²) in [6.07, 6.45) is -5.12. The number of amidine groups is 1. The number of carbonyl (C=O) groups is 2. The first kappa shape index (κ1) is 29.7. The number of hydrogen-bond acceptors (Lipinski definition) is 5. The summed E-state index contributed by atoms with van der Waals surface area (Å²) in [7, 11) is 0. The number of nitrogens with zero attached hydrogens (tertiary/aromatic N) is 3. The van der Waals surface area contributed by atoms with Gasteiger partial charge in [0.15, 0.2) is 5.78 Å². The number of phenols is 1. The second-order valence-corrected chi connectivity index (χ2v) is 8.97. The first-order valence-electron chi connectivity index (χ1n) is 12.4. The Kier molecular flexibility index (Phi) is 9.74. The number of nitrogens with one attached hydrogen (secondary N) is 2. The van der Waals surface area contributed by atoms with Crippen molar-refractivity contribution < 1.29 is 27.9 Å². The molecule has 8 nitrogen and oxygen atoms in total. The number of imidazole rings is 1. The number of rotatable bonds is 6. The number of ketones is 1. The van der Waals surface area contributed by atoms with Crippen molar-refractivity contribution in [2.45, 2.75) is 52.4 Å². The molecule has 1 aliphatic rings. The summed E-state index contributed by atoms with van der Waals surface area (Å²) in [6.45, 7) is 3.23. The number of benzene rings is 2. The van der Waals surface area contributed by atoms with Crippen molar-refractivity contribution in [2.24, 2.45) is 0 Å². The molecular weight excluding hydrogens is 535 g/mol. The Labute approximate surface area is 228 Å². The Hall–Kier alpha value is -3.86. The van der Waals surface area contributed by atoms with Gasteiger partial charge in [0, 0.05) is 34.8 Å². The van der Waals surface area contributed by atoms with Crippen molar-refractivity contribution in [1.29, 1.82) is 5.41 Å². The fourth-order valence-electron chi connectivity index (χ4n) is 4.07. The van der Waals surface area contributed by atoms with Gasteiger partial charge in [-0.3, -0.25) is 15.1 Å². The average molecular weight is 564 g/mol. The molecule has 0 spiro atoms. The maximum Gasteiger partial charge on any atom is 0.390 e. The summed E-state index contributed by atoms with van der Waals surface area (Å²) in [5, 5.41) is 20.9. The minimum absolute atomic E-state index is 0.0319. The fraction of sp³-hybridized carbons (Fsp3) is 0.333. The Morgan fingerprint density at radius 1 is 1.18 bits per heavy atom. The van der Waals surface area contributed by atoms with Crippen molar-refractivity contribution in [3.8, 4) is 17.1 Å². The largest absolute Gasteiger partial charge is 0.508 e. The van der Waals surface area contributed by atoms with Gasteiger partial charge >= 0.3 is 12.2 Å². The molecule has 0 bridgehead atoms. The van der Waals surface area contributed by atoms with Crippen molar-refractivity contribution in [3.63, 3.8) is 0 Å². The second kappa shape index (κ2) is 12.8. The van der Waals surface area contributed by atoms with Gasteiger partial charge in [-0.25, -0.2) is 9.78 Å². The van der Waals surface area contributed by atoms with E-state index in [1.807, 2.05) is 13.8 Å². The monoisotopic (exact) mass is 563 g/mol. The minimum Gasteiger partial charge on any atom is -0.508 e. The number of amides is 2. The van der Waals surface area contributed by atoms with E-state index in [1.54, 1.807) is 28.8 Å². The highest BCUT2D eigenvalue weighted by Crippen LogP contribution is 2.28. The molecule has 0 fully saturated rings. The van der Waals surface area contributed by atoms with E-state index in [1.165, 1.54) is 24.3 Å². The lowest BCUT2D eigenvalue weighted by molar-refractivity contribution is -0.135. The molecule has 1 aliphatic heterocycles. The lowest BCUT2D eigenvalue weighted by Gasteiger charge is -2.24. The Bertz CT molecular complexity index is 1340. The lowest BCUT2D eigenvalue weighted by Crippen LogP contribution is -2.45. The van der Waals surface area contributed by atoms with E-state index in [2.05, 4.69) is 10.3 Å². The Balaban J connectivity index is 0.00000205. The minimum atomic E-state index is -4.53. The molecule has 0 saturated heterocycles. The van der Waals surface area contributed by atoms with Crippen LogP contribution in [-0.2, 0) is 24.3 Å². The van der Waals surface area contributed by atoms with Crippen molar-refractivity contribution in [2.75, 3.05) is 6.54 Å². The zero-order chi connectivity index (χ0) is 28.7. The van der Waals surface area contributed by atoms with Gasteiger partial charge in [0.25, 0.3) is 0 Å². The van der Waals surface area contributed by atoms with Crippen LogP contribution < -0.4 is 5.32 Å². The standard InChI is InChI=1S/C25H23ClF3N5O3.C2H6/c26-17-3-1-2-16(12-17)23-32-20(21-9-8-19(36)14-34(21)23)13-31-24(37)33(11-10-25(27,28)29)22(30)15-4-6-18(35)7-5-15;1-2/h1-7,12,30,35H,8-11,13-14H2,(H,31,37);1-2H3. The number of hydrogen-bond donors (Lipinski definition) is 3. The van der Waals surface area contributed by atoms with Crippen LogP contribution in [0.5, 0.6) is 5.75 Å². The third-order valence-electron chi connectivity index (χ3n) is 5.90. The third-order valence-corrected chi connectivity index (χ3v) is 6.13. The lowest BCUT2D eigenvalue weighted by atomic mass is 10.1. The third kappa shape index (κ3) is 7.60. The van der Waals surface area contributed by atoms with Crippen LogP contribution in [0.3, 0.4) is 0 Å². The van der Waals surface area contributed by atoms with E-state index in [4.69, 9.17) is 17.0 Å². The molecule has 12 heteroatoms. The normalized spacial score (nSPS) is 12.7. The highest BCUT2D eigenvalue weighted by atomic mass is 35.5. The number of fused-ring (bicyclic) bond motifs is 1. The molecule has 0 radical (unpaired) electrons. The molecule has 0 saturated carbocycles. The zero-order valence-corrected chi connectivity index (χ0v) is 22.2. The van der Waals surface area contributed by atoms with E-state index < -0.39 is 31.0 Å². The topological polar surface area (TPSA) is 111 Å². The van der Waals surface area contributed by atoms with Crippen LogP contribution in [0.15, 0.2) is 48.5 Å². The van der Waals surface area contributed by atoms with Crippen LogP contribution in [0.2, 0.25) is 5.02 Å². The molecule has 3 aromatic rings. The SMILES string of the molecule is CC.N=C(c1ccc(O)cc1)N(CCC(F)(F)F)C(=O)NCc1nc(-c2cccc(Cl)c2)n2c1CCC(=O)C2. The van der Waals surface area contributed by atoms with Gasteiger partial charge in [0.1, 0.15) is 17.4 Å². The van der Waals surface area contributed by atoms with Crippen molar-refractivity contribution in [1.82, 2.24) is 19.8 Å². The summed E-state index contributed by atoms with van der Waals surface area (Å²) in [5.74, 6) is 0.00483. The molecule has 1 aromatic heterocycles. The quantitative estimate of drug-likeness (QED) is 0.254. The van der Waals surface area contributed by atoms with Crippen LogP contribution in [0.1, 0.15) is 43.6 Å². The first-order valence-corrected chi connectivity index (χ1v) is 12.8. The summed E-state index contributed by atoms with van der Waals surface area (Å²) in [4.78, 5) is 30.5. The van der Waals surface area contributed by atoms with Crippen LogP contribution >= 0.6 is 11.6 Å². The average Bonchev–Trinajstić information content (AvgIpc) is 3.26. The highest BCUT2D eigenvalue weighted by Gasteiger charge is 2.31. The molecule has 3 N–H and O–H groups in total. The van der Waals surface area contributed by atoms with E-state index in [0.29, 0.717) is 39.8 Å². The number of aromatic hydroxyl groups is 1. The summed E-state index contributed by atoms with van der Waals surface area (Å²) in [5.41, 5.74) is 2.06. The van der Waals surface area contributed by atoms with Gasteiger partial charge < -0.3 is 15.0 Å². The van der Waals surface area contributed by atoms with E-state index in [9.17, 15) is 27.9 Å².